The number of carboxylic acid groups (broad SMARTS) is 1. The number of benzene rings is 2. The van der Waals surface area contributed by atoms with Crippen LogP contribution in [0.25, 0.3) is 0 Å². The Bertz CT molecular complexity index is 975. The van der Waals surface area contributed by atoms with Gasteiger partial charge in [0.05, 0.1) is 39.4 Å². The Morgan fingerprint density at radius 3 is 2.41 bits per heavy atom. The summed E-state index contributed by atoms with van der Waals surface area (Å²) in [5.41, 5.74) is 0.657. The van der Waals surface area contributed by atoms with Crippen molar-refractivity contribution in [2.45, 2.75) is 4.90 Å². The number of carboxylic acids is 1. The third-order valence-electron chi connectivity index (χ3n) is 4.03. The third kappa shape index (κ3) is 4.47. The second-order valence-electron chi connectivity index (χ2n) is 5.82. The highest BCUT2D eigenvalue weighted by Crippen LogP contribution is 2.29. The number of sulfonamides is 1. The Morgan fingerprint density at radius 2 is 1.78 bits per heavy atom. The second-order valence-corrected chi connectivity index (χ2v) is 8.31. The van der Waals surface area contributed by atoms with E-state index in [1.165, 1.54) is 30.3 Å². The molecule has 1 aliphatic rings. The molecule has 144 valence electrons. The van der Waals surface area contributed by atoms with Gasteiger partial charge in [0.15, 0.2) is 0 Å². The van der Waals surface area contributed by atoms with Gasteiger partial charge in [-0.2, -0.15) is 0 Å². The zero-order chi connectivity index (χ0) is 19.6. The van der Waals surface area contributed by atoms with E-state index in [9.17, 15) is 18.3 Å². The molecule has 0 saturated carbocycles. The molecule has 0 aliphatic carbocycles. The number of anilines is 2. The lowest BCUT2D eigenvalue weighted by molar-refractivity contribution is 0.0696. The molecule has 0 atom stereocenters. The molecular weight excluding hydrogens is 415 g/mol. The molecule has 1 heterocycles. The summed E-state index contributed by atoms with van der Waals surface area (Å²) in [7, 11) is -3.95. The van der Waals surface area contributed by atoms with E-state index in [1.807, 2.05) is 4.90 Å². The van der Waals surface area contributed by atoms with Crippen LogP contribution in [0.3, 0.4) is 0 Å². The molecule has 2 aromatic rings. The van der Waals surface area contributed by atoms with Crippen molar-refractivity contribution in [3.05, 3.63) is 52.0 Å². The van der Waals surface area contributed by atoms with Gasteiger partial charge >= 0.3 is 5.97 Å². The molecule has 3 rings (SSSR count). The van der Waals surface area contributed by atoms with Crippen LogP contribution < -0.4 is 9.62 Å². The average molecular weight is 431 g/mol. The van der Waals surface area contributed by atoms with E-state index in [4.69, 9.17) is 27.9 Å². The maximum atomic E-state index is 12.5. The molecule has 10 heteroatoms. The van der Waals surface area contributed by atoms with Gasteiger partial charge in [0, 0.05) is 18.8 Å². The van der Waals surface area contributed by atoms with Crippen LogP contribution in [-0.4, -0.2) is 45.8 Å². The van der Waals surface area contributed by atoms with Crippen molar-refractivity contribution in [3.63, 3.8) is 0 Å². The van der Waals surface area contributed by atoms with Gasteiger partial charge in [-0.3, -0.25) is 4.72 Å². The topological polar surface area (TPSA) is 95.9 Å². The van der Waals surface area contributed by atoms with Crippen LogP contribution in [0.4, 0.5) is 11.4 Å². The monoisotopic (exact) mass is 430 g/mol. The van der Waals surface area contributed by atoms with Crippen LogP contribution >= 0.6 is 23.2 Å². The van der Waals surface area contributed by atoms with E-state index in [1.54, 1.807) is 6.07 Å². The summed E-state index contributed by atoms with van der Waals surface area (Å²) in [4.78, 5) is 13.5. The van der Waals surface area contributed by atoms with Crippen molar-refractivity contribution in [1.29, 1.82) is 0 Å². The molecule has 27 heavy (non-hydrogen) atoms. The first-order chi connectivity index (χ1) is 12.8. The Labute approximate surface area is 166 Å². The molecule has 2 N–H and O–H groups in total. The number of hydrogen-bond donors (Lipinski definition) is 2. The van der Waals surface area contributed by atoms with Crippen molar-refractivity contribution in [1.82, 2.24) is 0 Å². The minimum Gasteiger partial charge on any atom is -0.478 e. The summed E-state index contributed by atoms with van der Waals surface area (Å²) in [6, 6.07) is 8.32. The number of aromatic carboxylic acids is 1. The molecule has 0 radical (unpaired) electrons. The predicted molar refractivity (Wildman–Crippen MR) is 104 cm³/mol. The van der Waals surface area contributed by atoms with Gasteiger partial charge in [-0.1, -0.05) is 23.2 Å². The first kappa shape index (κ1) is 19.8. The number of nitrogens with one attached hydrogen (secondary N) is 1. The highest BCUT2D eigenvalue weighted by molar-refractivity contribution is 7.92. The Balaban J connectivity index is 1.91. The minimum absolute atomic E-state index is 0.00578. The van der Waals surface area contributed by atoms with E-state index in [-0.39, 0.29) is 26.2 Å². The maximum Gasteiger partial charge on any atom is 0.337 e. The number of rotatable bonds is 5. The fourth-order valence-corrected chi connectivity index (χ4v) is 4.15. The molecule has 0 unspecified atom stereocenters. The van der Waals surface area contributed by atoms with Crippen molar-refractivity contribution < 1.29 is 23.1 Å². The van der Waals surface area contributed by atoms with Gasteiger partial charge in [-0.25, -0.2) is 13.2 Å². The zero-order valence-electron chi connectivity index (χ0n) is 14.0. The van der Waals surface area contributed by atoms with Gasteiger partial charge in [-0.15, -0.1) is 0 Å². The van der Waals surface area contributed by atoms with Crippen molar-refractivity contribution >= 4 is 50.6 Å². The highest BCUT2D eigenvalue weighted by atomic mass is 35.5. The van der Waals surface area contributed by atoms with E-state index >= 15 is 0 Å². The van der Waals surface area contributed by atoms with E-state index in [2.05, 4.69) is 4.72 Å². The number of ether oxygens (including phenoxy) is 1. The molecule has 2 aromatic carbocycles. The van der Waals surface area contributed by atoms with Gasteiger partial charge < -0.3 is 14.7 Å². The highest BCUT2D eigenvalue weighted by Gasteiger charge is 2.21. The van der Waals surface area contributed by atoms with Crippen LogP contribution in [0, 0.1) is 0 Å². The molecule has 0 aromatic heterocycles. The lowest BCUT2D eigenvalue weighted by Gasteiger charge is -2.30. The smallest absolute Gasteiger partial charge is 0.337 e. The van der Waals surface area contributed by atoms with Crippen LogP contribution in [0.1, 0.15) is 10.4 Å². The van der Waals surface area contributed by atoms with Crippen molar-refractivity contribution in [3.8, 4) is 0 Å². The summed E-state index contributed by atoms with van der Waals surface area (Å²) in [6.07, 6.45) is 0. The van der Waals surface area contributed by atoms with Crippen LogP contribution in [0.15, 0.2) is 41.3 Å². The van der Waals surface area contributed by atoms with E-state index in [0.29, 0.717) is 32.0 Å². The quantitative estimate of drug-likeness (QED) is 0.754. The zero-order valence-corrected chi connectivity index (χ0v) is 16.3. The van der Waals surface area contributed by atoms with Crippen LogP contribution in [-0.2, 0) is 14.8 Å². The van der Waals surface area contributed by atoms with Crippen molar-refractivity contribution in [2.24, 2.45) is 0 Å². The lowest BCUT2D eigenvalue weighted by atomic mass is 10.1. The summed E-state index contributed by atoms with van der Waals surface area (Å²) in [5.74, 6) is -1.15. The van der Waals surface area contributed by atoms with E-state index in [0.717, 1.165) is 0 Å². The molecular formula is C17H16Cl2N2O5S. The third-order valence-corrected chi connectivity index (χ3v) is 6.15. The first-order valence-electron chi connectivity index (χ1n) is 7.96. The molecule has 7 nitrogen and oxygen atoms in total. The maximum absolute atomic E-state index is 12.5. The van der Waals surface area contributed by atoms with Gasteiger partial charge in [0.1, 0.15) is 0 Å². The Morgan fingerprint density at radius 1 is 1.07 bits per heavy atom. The molecule has 1 fully saturated rings. The van der Waals surface area contributed by atoms with Crippen LogP contribution in [0.5, 0.6) is 0 Å². The van der Waals surface area contributed by atoms with Gasteiger partial charge in [0.25, 0.3) is 10.0 Å². The summed E-state index contributed by atoms with van der Waals surface area (Å²) >= 11 is 11.7. The van der Waals surface area contributed by atoms with Crippen LogP contribution in [0.2, 0.25) is 10.0 Å². The fourth-order valence-electron chi connectivity index (χ4n) is 2.71. The Hall–Kier alpha value is -2.00. The molecule has 1 saturated heterocycles. The predicted octanol–water partition coefficient (Wildman–Crippen LogP) is 3.33. The Kier molecular flexibility index (Phi) is 5.81. The fraction of sp³-hybridized carbons (Fsp3) is 0.235. The second kappa shape index (κ2) is 7.93. The standard InChI is InChI=1S/C17H16Cl2N2O5S/c18-14-3-2-12(10-15(14)19)27(24,25)20-11-1-4-16(13(9-11)17(22)23)21-5-7-26-8-6-21/h1-4,9-10,20H,5-8H2,(H,22,23). The summed E-state index contributed by atoms with van der Waals surface area (Å²) in [5, 5.41) is 9.88. The number of hydrogen-bond acceptors (Lipinski definition) is 5. The SMILES string of the molecule is O=C(O)c1cc(NS(=O)(=O)c2ccc(Cl)c(Cl)c2)ccc1N1CCOCC1. The molecule has 0 bridgehead atoms. The summed E-state index contributed by atoms with van der Waals surface area (Å²) in [6.45, 7) is 2.14. The number of morpholine rings is 1. The normalized spacial score (nSPS) is 14.8. The number of nitrogens with zero attached hydrogens (tertiary/aromatic N) is 1. The van der Waals surface area contributed by atoms with Gasteiger partial charge in [-0.05, 0) is 36.4 Å². The molecule has 1 aliphatic heterocycles. The first-order valence-corrected chi connectivity index (χ1v) is 10.2. The molecule has 0 amide bonds. The number of carbonyl (C=O) groups is 1. The minimum atomic E-state index is -3.95. The van der Waals surface area contributed by atoms with Crippen molar-refractivity contribution in [2.75, 3.05) is 35.9 Å². The molecule has 0 spiro atoms. The van der Waals surface area contributed by atoms with E-state index < -0.39 is 16.0 Å². The van der Waals surface area contributed by atoms with Gasteiger partial charge in [0.2, 0.25) is 0 Å². The lowest BCUT2D eigenvalue weighted by Crippen LogP contribution is -2.37. The largest absolute Gasteiger partial charge is 0.478 e. The summed E-state index contributed by atoms with van der Waals surface area (Å²) < 4.78 is 32.7. The number of halogens is 2. The average Bonchev–Trinajstić information content (AvgIpc) is 2.64.